The molecule has 1 aromatic heterocycles. The van der Waals surface area contributed by atoms with Crippen LogP contribution >= 0.6 is 0 Å². The fourth-order valence-corrected chi connectivity index (χ4v) is 5.05. The number of hydrogen-bond donors (Lipinski definition) is 1. The van der Waals surface area contributed by atoms with Crippen molar-refractivity contribution in [3.8, 4) is 5.69 Å². The number of H-pyrrole nitrogens is 1. The molecule has 0 spiro atoms. The number of aromatic nitrogens is 2. The van der Waals surface area contributed by atoms with Crippen LogP contribution in [0.5, 0.6) is 0 Å². The summed E-state index contributed by atoms with van der Waals surface area (Å²) in [6.07, 6.45) is 0. The van der Waals surface area contributed by atoms with Crippen molar-refractivity contribution in [2.45, 2.75) is 33.6 Å². The van der Waals surface area contributed by atoms with Crippen LogP contribution in [-0.2, 0) is 4.79 Å². The Morgan fingerprint density at radius 1 is 0.868 bits per heavy atom. The third-order valence-electron chi connectivity index (χ3n) is 6.98. The van der Waals surface area contributed by atoms with Gasteiger partial charge in [0.25, 0.3) is 17.2 Å². The molecule has 192 valence electrons. The molecule has 9 heteroatoms. The number of hydrogen-bond acceptors (Lipinski definition) is 5. The minimum Gasteiger partial charge on any atom is -0.295 e. The van der Waals surface area contributed by atoms with Crippen LogP contribution in [-0.4, -0.2) is 26.3 Å². The molecule has 1 amide bonds. The molecule has 2 atom stereocenters. The van der Waals surface area contributed by atoms with Crippen LogP contribution in [0.2, 0.25) is 0 Å². The summed E-state index contributed by atoms with van der Waals surface area (Å²) in [5, 5.41) is 21.1. The van der Waals surface area contributed by atoms with Crippen molar-refractivity contribution >= 4 is 23.0 Å². The number of aryl methyl sites for hydroxylation is 3. The van der Waals surface area contributed by atoms with Gasteiger partial charge in [0.1, 0.15) is 0 Å². The van der Waals surface area contributed by atoms with Gasteiger partial charge in [-0.15, -0.1) is 0 Å². The predicted molar refractivity (Wildman–Crippen MR) is 146 cm³/mol. The second-order valence-electron chi connectivity index (χ2n) is 9.62. The number of nitro benzene ring substituents is 1. The highest BCUT2D eigenvalue weighted by molar-refractivity contribution is 6.15. The van der Waals surface area contributed by atoms with E-state index in [0.29, 0.717) is 28.3 Å². The van der Waals surface area contributed by atoms with Crippen LogP contribution in [0.1, 0.15) is 40.8 Å². The van der Waals surface area contributed by atoms with Crippen LogP contribution in [0.25, 0.3) is 5.69 Å². The minimum absolute atomic E-state index is 0.159. The van der Waals surface area contributed by atoms with Crippen molar-refractivity contribution in [2.75, 3.05) is 5.01 Å². The molecule has 1 N–H and O–H groups in total. The highest BCUT2D eigenvalue weighted by atomic mass is 16.6. The van der Waals surface area contributed by atoms with Gasteiger partial charge in [-0.1, -0.05) is 53.6 Å². The summed E-state index contributed by atoms with van der Waals surface area (Å²) in [4.78, 5) is 39.4. The topological polar surface area (TPSA) is 114 Å². The van der Waals surface area contributed by atoms with Crippen molar-refractivity contribution in [3.05, 3.63) is 121 Å². The van der Waals surface area contributed by atoms with E-state index in [4.69, 9.17) is 0 Å². The second-order valence-corrected chi connectivity index (χ2v) is 9.62. The molecule has 0 fully saturated rings. The predicted octanol–water partition coefficient (Wildman–Crippen LogP) is 5.17. The molecule has 0 unspecified atom stereocenters. The Bertz CT molecular complexity index is 1630. The van der Waals surface area contributed by atoms with Gasteiger partial charge in [0, 0.05) is 34.5 Å². The number of benzene rings is 3. The number of para-hydroxylation sites is 1. The summed E-state index contributed by atoms with van der Waals surface area (Å²) in [7, 11) is 0. The van der Waals surface area contributed by atoms with Crippen molar-refractivity contribution < 1.29 is 9.72 Å². The van der Waals surface area contributed by atoms with E-state index in [1.165, 1.54) is 15.8 Å². The zero-order chi connectivity index (χ0) is 27.1. The third-order valence-corrected chi connectivity index (χ3v) is 6.98. The highest BCUT2D eigenvalue weighted by Gasteiger charge is 2.45. The Labute approximate surface area is 219 Å². The SMILES string of the molecule is CC1=NN(c2ccc(C)cc2)C(=O)[C@@H]1[C@@H](c1ccccc1[N+](=O)[O-])c1c(C)[nH]n(-c2ccc(C)cc2)c1=O. The van der Waals surface area contributed by atoms with Gasteiger partial charge in [0.05, 0.1) is 22.2 Å². The zero-order valence-electron chi connectivity index (χ0n) is 21.5. The van der Waals surface area contributed by atoms with E-state index in [-0.39, 0.29) is 22.7 Å². The molecule has 0 aliphatic carbocycles. The first-order chi connectivity index (χ1) is 18.2. The molecule has 1 aliphatic rings. The molecule has 0 saturated heterocycles. The lowest BCUT2D eigenvalue weighted by Gasteiger charge is -2.23. The molecule has 0 saturated carbocycles. The number of carbonyl (C=O) groups excluding carboxylic acids is 1. The maximum absolute atomic E-state index is 13.9. The molecule has 0 radical (unpaired) electrons. The van der Waals surface area contributed by atoms with Crippen molar-refractivity contribution in [2.24, 2.45) is 11.0 Å². The van der Waals surface area contributed by atoms with E-state index in [0.717, 1.165) is 11.1 Å². The van der Waals surface area contributed by atoms with E-state index in [1.807, 2.05) is 50.2 Å². The average Bonchev–Trinajstić information content (AvgIpc) is 3.36. The zero-order valence-corrected chi connectivity index (χ0v) is 21.5. The fraction of sp³-hybridized carbons (Fsp3) is 0.207. The van der Waals surface area contributed by atoms with Crippen LogP contribution in [0.4, 0.5) is 11.4 Å². The van der Waals surface area contributed by atoms with Gasteiger partial charge >= 0.3 is 0 Å². The molecule has 0 bridgehead atoms. The van der Waals surface area contributed by atoms with Crippen LogP contribution in [0, 0.1) is 36.8 Å². The first-order valence-corrected chi connectivity index (χ1v) is 12.2. The van der Waals surface area contributed by atoms with Gasteiger partial charge in [0.15, 0.2) is 0 Å². The van der Waals surface area contributed by atoms with Crippen molar-refractivity contribution in [1.82, 2.24) is 9.78 Å². The first kappa shape index (κ1) is 24.9. The summed E-state index contributed by atoms with van der Waals surface area (Å²) in [6.45, 7) is 7.37. The lowest BCUT2D eigenvalue weighted by atomic mass is 9.77. The van der Waals surface area contributed by atoms with Gasteiger partial charge in [-0.3, -0.25) is 24.8 Å². The van der Waals surface area contributed by atoms with Gasteiger partial charge in [-0.2, -0.15) is 5.10 Å². The molecular formula is C29H27N5O4. The van der Waals surface area contributed by atoms with E-state index in [2.05, 4.69) is 10.2 Å². The normalized spacial score (nSPS) is 16.0. The maximum atomic E-state index is 13.9. The number of nitrogens with zero attached hydrogens (tertiary/aromatic N) is 4. The summed E-state index contributed by atoms with van der Waals surface area (Å²) in [6, 6.07) is 21.1. The Hall–Kier alpha value is -4.79. The molecule has 2 heterocycles. The largest absolute Gasteiger partial charge is 0.295 e. The first-order valence-electron chi connectivity index (χ1n) is 12.2. The number of nitrogens with one attached hydrogen (secondary N) is 1. The van der Waals surface area contributed by atoms with Crippen molar-refractivity contribution in [1.29, 1.82) is 0 Å². The van der Waals surface area contributed by atoms with Gasteiger partial charge in [0.2, 0.25) is 0 Å². The fourth-order valence-electron chi connectivity index (χ4n) is 5.05. The number of aromatic amines is 1. The number of hydrazone groups is 1. The summed E-state index contributed by atoms with van der Waals surface area (Å²) >= 11 is 0. The monoisotopic (exact) mass is 509 g/mol. The number of anilines is 1. The Kier molecular flexibility index (Phi) is 6.28. The van der Waals surface area contributed by atoms with Crippen LogP contribution < -0.4 is 10.6 Å². The van der Waals surface area contributed by atoms with Gasteiger partial charge < -0.3 is 0 Å². The Balaban J connectivity index is 1.70. The minimum atomic E-state index is -0.932. The van der Waals surface area contributed by atoms with Gasteiger partial charge in [-0.05, 0) is 52.0 Å². The van der Waals surface area contributed by atoms with Crippen molar-refractivity contribution in [3.63, 3.8) is 0 Å². The van der Waals surface area contributed by atoms with Gasteiger partial charge in [-0.25, -0.2) is 9.69 Å². The second kappa shape index (κ2) is 9.59. The summed E-state index contributed by atoms with van der Waals surface area (Å²) in [5.41, 5.74) is 4.33. The molecule has 5 rings (SSSR count). The lowest BCUT2D eigenvalue weighted by molar-refractivity contribution is -0.385. The van der Waals surface area contributed by atoms with Crippen LogP contribution in [0.15, 0.2) is 82.7 Å². The van der Waals surface area contributed by atoms with E-state index >= 15 is 0 Å². The van der Waals surface area contributed by atoms with E-state index < -0.39 is 16.8 Å². The standard InChI is InChI=1S/C29H27N5O4/c1-17-9-13-21(14-10-17)32-28(35)25(19(3)30-32)27(23-7-5-6-8-24(23)34(37)38)26-20(4)31-33(29(26)36)22-15-11-18(2)12-16-22/h5-16,25,27,31H,1-4H3/t25-,27+/m0/s1. The molecular weight excluding hydrogens is 482 g/mol. The molecule has 9 nitrogen and oxygen atoms in total. The average molecular weight is 510 g/mol. The Morgan fingerprint density at radius 2 is 1.45 bits per heavy atom. The Morgan fingerprint density at radius 3 is 2.05 bits per heavy atom. The number of nitro groups is 1. The number of amides is 1. The lowest BCUT2D eigenvalue weighted by Crippen LogP contribution is -2.34. The summed E-state index contributed by atoms with van der Waals surface area (Å²) < 4.78 is 1.41. The number of carbonyl (C=O) groups is 1. The highest BCUT2D eigenvalue weighted by Crippen LogP contribution is 2.41. The molecule has 38 heavy (non-hydrogen) atoms. The molecule has 3 aromatic carbocycles. The summed E-state index contributed by atoms with van der Waals surface area (Å²) in [5.74, 6) is -2.19. The smallest absolute Gasteiger partial charge is 0.275 e. The molecule has 4 aromatic rings. The van der Waals surface area contributed by atoms with Crippen LogP contribution in [0.3, 0.4) is 0 Å². The van der Waals surface area contributed by atoms with E-state index in [9.17, 15) is 19.7 Å². The quantitative estimate of drug-likeness (QED) is 0.285. The third kappa shape index (κ3) is 4.21. The molecule has 1 aliphatic heterocycles. The number of rotatable bonds is 6. The van der Waals surface area contributed by atoms with E-state index in [1.54, 1.807) is 44.2 Å². The maximum Gasteiger partial charge on any atom is 0.275 e.